The van der Waals surface area contributed by atoms with Gasteiger partial charge in [-0.15, -0.1) is 11.3 Å². The zero-order valence-corrected chi connectivity index (χ0v) is 34.8. The molecule has 1 atom stereocenters. The second kappa shape index (κ2) is 13.1. The first kappa shape index (κ1) is 35.7. The third-order valence-electron chi connectivity index (χ3n) is 13.3. The van der Waals surface area contributed by atoms with E-state index in [9.17, 15) is 5.11 Å². The van der Waals surface area contributed by atoms with E-state index in [1.165, 1.54) is 37.7 Å². The molecule has 0 amide bonds. The van der Waals surface area contributed by atoms with Crippen molar-refractivity contribution in [2.75, 3.05) is 0 Å². The van der Waals surface area contributed by atoms with Crippen LogP contribution in [0.15, 0.2) is 176 Å². The fourth-order valence-electron chi connectivity index (χ4n) is 10.5. The second-order valence-corrected chi connectivity index (χ2v) is 17.9. The number of aryl methyl sites for hydroxylation is 1. The summed E-state index contributed by atoms with van der Waals surface area (Å²) in [7, 11) is 0. The molecule has 10 aromatic rings. The molecule has 0 fully saturated rings. The first-order chi connectivity index (χ1) is 29.8. The quantitative estimate of drug-likeness (QED) is 0.188. The highest BCUT2D eigenvalue weighted by atomic mass is 32.1. The zero-order valence-electron chi connectivity index (χ0n) is 33.9. The van der Waals surface area contributed by atoms with Gasteiger partial charge in [-0.2, -0.15) is 0 Å². The van der Waals surface area contributed by atoms with E-state index in [-0.39, 0.29) is 11.2 Å². The SMILES string of the molecule is Cc1ccccc1C1(c2ccccc2O)c2ccccc2-c2cc(-c3nc(-c4cccc5c4-c4ccccc4C5(C)C)nc(-c4cccc5c4sc4ccccc45)n3)ccc21. The first-order valence-corrected chi connectivity index (χ1v) is 21.7. The molecule has 61 heavy (non-hydrogen) atoms. The molecule has 0 radical (unpaired) electrons. The van der Waals surface area contributed by atoms with Crippen molar-refractivity contribution >= 4 is 31.5 Å². The van der Waals surface area contributed by atoms with Crippen LogP contribution < -0.4 is 0 Å². The average molecular weight is 802 g/mol. The lowest BCUT2D eigenvalue weighted by Crippen LogP contribution is -2.29. The van der Waals surface area contributed by atoms with Gasteiger partial charge in [0.1, 0.15) is 5.75 Å². The standard InChI is InChI=1S/C56H39N3OS/c1-33-16-4-8-23-42(33)56(46-26-11-12-28-48(46)60)44-25-10-5-17-35(44)41-32-34(30-31-45(41)56)52-57-53(39-21-15-27-47-50(39)38-19-6-9-24-43(38)55(47,2)3)59-54(58-52)40-22-14-20-37-36-18-7-13-29-49(36)61-51(37)40/h4-32,60H,1-3H3. The molecule has 0 bridgehead atoms. The molecular weight excluding hydrogens is 763 g/mol. The van der Waals surface area contributed by atoms with Gasteiger partial charge < -0.3 is 5.11 Å². The number of fused-ring (bicyclic) bond motifs is 9. The summed E-state index contributed by atoms with van der Waals surface area (Å²) < 4.78 is 2.39. The van der Waals surface area contributed by atoms with E-state index in [0.29, 0.717) is 17.5 Å². The van der Waals surface area contributed by atoms with E-state index >= 15 is 0 Å². The predicted octanol–water partition coefficient (Wildman–Crippen LogP) is 13.9. The first-order valence-electron chi connectivity index (χ1n) is 20.8. The molecule has 0 saturated carbocycles. The maximum atomic E-state index is 11.7. The van der Waals surface area contributed by atoms with Gasteiger partial charge in [0, 0.05) is 47.8 Å². The largest absolute Gasteiger partial charge is 0.508 e. The lowest BCUT2D eigenvalue weighted by atomic mass is 9.66. The number of phenolic OH excluding ortho intramolecular Hbond substituents is 1. The Morgan fingerprint density at radius 1 is 0.443 bits per heavy atom. The Kier molecular flexibility index (Phi) is 7.69. The Hall–Kier alpha value is -7.21. The second-order valence-electron chi connectivity index (χ2n) is 16.9. The molecule has 12 rings (SSSR count). The van der Waals surface area contributed by atoms with Gasteiger partial charge in [-0.3, -0.25) is 0 Å². The van der Waals surface area contributed by atoms with Crippen molar-refractivity contribution in [3.63, 3.8) is 0 Å². The summed E-state index contributed by atoms with van der Waals surface area (Å²) >= 11 is 1.78. The van der Waals surface area contributed by atoms with Crippen molar-refractivity contribution < 1.29 is 5.11 Å². The Labute approximate surface area is 358 Å². The van der Waals surface area contributed by atoms with Crippen LogP contribution in [-0.2, 0) is 10.8 Å². The summed E-state index contributed by atoms with van der Waals surface area (Å²) in [4.78, 5) is 16.2. The van der Waals surface area contributed by atoms with Gasteiger partial charge in [0.25, 0.3) is 0 Å². The molecule has 0 aliphatic heterocycles. The van der Waals surface area contributed by atoms with Gasteiger partial charge in [0.2, 0.25) is 0 Å². The maximum absolute atomic E-state index is 11.7. The molecule has 2 aliphatic carbocycles. The van der Waals surface area contributed by atoms with Crippen LogP contribution in [0, 0.1) is 6.92 Å². The van der Waals surface area contributed by atoms with Crippen molar-refractivity contribution in [1.29, 1.82) is 0 Å². The Morgan fingerprint density at radius 2 is 1.02 bits per heavy atom. The topological polar surface area (TPSA) is 58.9 Å². The third-order valence-corrected chi connectivity index (χ3v) is 14.5. The Balaban J connectivity index is 1.13. The number of phenols is 1. The number of hydrogen-bond acceptors (Lipinski definition) is 5. The van der Waals surface area contributed by atoms with Gasteiger partial charge in [-0.05, 0) is 86.8 Å². The number of thiophene rings is 1. The fraction of sp³-hybridized carbons (Fsp3) is 0.0893. The number of hydrogen-bond donors (Lipinski definition) is 1. The van der Waals surface area contributed by atoms with Crippen LogP contribution in [0.5, 0.6) is 5.75 Å². The number of aromatic nitrogens is 3. The smallest absolute Gasteiger partial charge is 0.165 e. The summed E-state index contributed by atoms with van der Waals surface area (Å²) in [5, 5.41) is 14.1. The van der Waals surface area contributed by atoms with E-state index in [4.69, 9.17) is 15.0 Å². The fourth-order valence-corrected chi connectivity index (χ4v) is 11.8. The van der Waals surface area contributed by atoms with E-state index in [1.807, 2.05) is 12.1 Å². The number of nitrogens with zero attached hydrogens (tertiary/aromatic N) is 3. The van der Waals surface area contributed by atoms with Crippen molar-refractivity contribution in [2.45, 2.75) is 31.6 Å². The lowest BCUT2D eigenvalue weighted by molar-refractivity contribution is 0.461. The molecule has 2 heterocycles. The molecule has 5 heteroatoms. The number of benzene rings is 8. The highest BCUT2D eigenvalue weighted by Crippen LogP contribution is 2.59. The minimum absolute atomic E-state index is 0.173. The zero-order chi connectivity index (χ0) is 41.0. The van der Waals surface area contributed by atoms with Crippen molar-refractivity contribution in [3.8, 4) is 62.2 Å². The molecule has 8 aromatic carbocycles. The van der Waals surface area contributed by atoms with Gasteiger partial charge in [0.05, 0.1) is 5.41 Å². The van der Waals surface area contributed by atoms with E-state index in [0.717, 1.165) is 60.3 Å². The van der Waals surface area contributed by atoms with Crippen molar-refractivity contribution in [3.05, 3.63) is 215 Å². The Morgan fingerprint density at radius 3 is 1.84 bits per heavy atom. The van der Waals surface area contributed by atoms with Crippen LogP contribution in [-0.4, -0.2) is 20.1 Å². The van der Waals surface area contributed by atoms with E-state index in [1.54, 1.807) is 17.4 Å². The summed E-state index contributed by atoms with van der Waals surface area (Å²) in [6.07, 6.45) is 0. The van der Waals surface area contributed by atoms with Crippen molar-refractivity contribution in [2.24, 2.45) is 0 Å². The monoisotopic (exact) mass is 801 g/mol. The van der Waals surface area contributed by atoms with Crippen LogP contribution in [0.4, 0.5) is 0 Å². The van der Waals surface area contributed by atoms with Gasteiger partial charge in [-0.1, -0.05) is 166 Å². The summed E-state index contributed by atoms with van der Waals surface area (Å²) in [5.74, 6) is 2.16. The third kappa shape index (κ3) is 5.01. The molecule has 1 unspecified atom stereocenters. The van der Waals surface area contributed by atoms with Crippen LogP contribution in [0.25, 0.3) is 76.6 Å². The highest BCUT2D eigenvalue weighted by molar-refractivity contribution is 7.26. The van der Waals surface area contributed by atoms with Gasteiger partial charge in [-0.25, -0.2) is 15.0 Å². The normalized spacial score (nSPS) is 15.7. The molecule has 1 N–H and O–H groups in total. The van der Waals surface area contributed by atoms with Crippen LogP contribution >= 0.6 is 11.3 Å². The number of rotatable bonds is 5. The lowest BCUT2D eigenvalue weighted by Gasteiger charge is -2.35. The molecule has 2 aliphatic rings. The molecule has 2 aromatic heterocycles. The van der Waals surface area contributed by atoms with Gasteiger partial charge in [0.15, 0.2) is 17.5 Å². The van der Waals surface area contributed by atoms with Gasteiger partial charge >= 0.3 is 0 Å². The molecule has 4 nitrogen and oxygen atoms in total. The maximum Gasteiger partial charge on any atom is 0.165 e. The summed E-state index contributed by atoms with van der Waals surface area (Å²) in [5.41, 5.74) is 14.5. The Bertz CT molecular complexity index is 3410. The van der Waals surface area contributed by atoms with Crippen LogP contribution in [0.3, 0.4) is 0 Å². The van der Waals surface area contributed by atoms with E-state index in [2.05, 4.69) is 178 Å². The van der Waals surface area contributed by atoms with E-state index < -0.39 is 5.41 Å². The molecule has 290 valence electrons. The summed E-state index contributed by atoms with van der Waals surface area (Å²) in [6.45, 7) is 6.78. The molecule has 0 saturated heterocycles. The van der Waals surface area contributed by atoms with Crippen LogP contribution in [0.1, 0.15) is 52.8 Å². The average Bonchev–Trinajstić information content (AvgIpc) is 3.90. The van der Waals surface area contributed by atoms with Crippen molar-refractivity contribution in [1.82, 2.24) is 15.0 Å². The highest BCUT2D eigenvalue weighted by Gasteiger charge is 2.48. The van der Waals surface area contributed by atoms with Crippen LogP contribution in [0.2, 0.25) is 0 Å². The minimum atomic E-state index is -0.752. The predicted molar refractivity (Wildman–Crippen MR) is 250 cm³/mol. The molecular formula is C56H39N3OS. The minimum Gasteiger partial charge on any atom is -0.508 e. The number of aromatic hydroxyl groups is 1. The number of para-hydroxylation sites is 1. The summed E-state index contributed by atoms with van der Waals surface area (Å²) in [6, 6.07) is 62.0. The molecule has 0 spiro atoms.